The number of rotatable bonds is 6. The molecule has 3 nitrogen and oxygen atoms in total. The Morgan fingerprint density at radius 1 is 1.09 bits per heavy atom. The Bertz CT molecular complexity index is 1030. The van der Waals surface area contributed by atoms with Crippen LogP contribution in [-0.4, -0.2) is 30.7 Å². The smallest absolute Gasteiger partial charge is 0.120 e. The second kappa shape index (κ2) is 11.4. The van der Waals surface area contributed by atoms with Crippen molar-refractivity contribution >= 4 is 17.1 Å². The van der Waals surface area contributed by atoms with E-state index in [1.807, 2.05) is 6.92 Å². The van der Waals surface area contributed by atoms with E-state index in [0.717, 1.165) is 51.0 Å². The number of piperidine rings is 1. The summed E-state index contributed by atoms with van der Waals surface area (Å²) in [6.45, 7) is 13.6. The zero-order chi connectivity index (χ0) is 24.1. The first kappa shape index (κ1) is 24.9. The number of allylic oxidation sites excluding steroid dienone is 6. The van der Waals surface area contributed by atoms with Gasteiger partial charge >= 0.3 is 0 Å². The van der Waals surface area contributed by atoms with Crippen molar-refractivity contribution in [2.75, 3.05) is 13.1 Å². The van der Waals surface area contributed by atoms with E-state index in [4.69, 9.17) is 9.98 Å². The van der Waals surface area contributed by atoms with Gasteiger partial charge in [0.25, 0.3) is 0 Å². The van der Waals surface area contributed by atoms with Crippen LogP contribution >= 0.6 is 0 Å². The number of benzene rings is 1. The van der Waals surface area contributed by atoms with Crippen molar-refractivity contribution < 1.29 is 0 Å². The summed E-state index contributed by atoms with van der Waals surface area (Å²) < 4.78 is 0. The molecule has 2 bridgehead atoms. The van der Waals surface area contributed by atoms with Crippen molar-refractivity contribution in [3.8, 4) is 0 Å². The van der Waals surface area contributed by atoms with E-state index in [-0.39, 0.29) is 0 Å². The van der Waals surface area contributed by atoms with E-state index in [1.165, 1.54) is 52.0 Å². The van der Waals surface area contributed by atoms with E-state index < -0.39 is 0 Å². The van der Waals surface area contributed by atoms with Crippen molar-refractivity contribution in [3.05, 3.63) is 64.3 Å². The van der Waals surface area contributed by atoms with Crippen LogP contribution in [0, 0.1) is 12.8 Å². The van der Waals surface area contributed by atoms with Gasteiger partial charge in [0, 0.05) is 12.1 Å². The summed E-state index contributed by atoms with van der Waals surface area (Å²) in [5.41, 5.74) is 10.00. The molecule has 34 heavy (non-hydrogen) atoms. The number of aliphatic imine (C=N–C) groups is 2. The molecule has 3 aliphatic rings. The molecule has 0 radical (unpaired) electrons. The Kier molecular flexibility index (Phi) is 8.37. The summed E-state index contributed by atoms with van der Waals surface area (Å²) in [6.07, 6.45) is 14.9. The second-order valence-electron chi connectivity index (χ2n) is 10.6. The molecule has 1 saturated heterocycles. The Morgan fingerprint density at radius 2 is 1.88 bits per heavy atom. The number of nitrogens with one attached hydrogen (secondary N) is 1. The van der Waals surface area contributed by atoms with Crippen molar-refractivity contribution in [1.82, 2.24) is 5.32 Å². The van der Waals surface area contributed by atoms with Crippen molar-refractivity contribution in [2.45, 2.75) is 91.5 Å². The summed E-state index contributed by atoms with van der Waals surface area (Å²) in [6, 6.07) is 7.65. The van der Waals surface area contributed by atoms with Crippen LogP contribution in [0.3, 0.4) is 0 Å². The monoisotopic (exact) mass is 457 g/mol. The highest BCUT2D eigenvalue weighted by molar-refractivity contribution is 6.05. The lowest BCUT2D eigenvalue weighted by molar-refractivity contribution is 0.460. The lowest BCUT2D eigenvalue weighted by Crippen LogP contribution is -2.26. The van der Waals surface area contributed by atoms with Crippen LogP contribution in [0.2, 0.25) is 0 Å². The summed E-state index contributed by atoms with van der Waals surface area (Å²) in [4.78, 5) is 9.51. The molecular weight excluding hydrogens is 414 g/mol. The molecule has 2 aliphatic heterocycles. The van der Waals surface area contributed by atoms with Gasteiger partial charge in [-0.05, 0) is 110 Å². The zero-order valence-electron chi connectivity index (χ0n) is 22.0. The molecule has 0 amide bonds. The van der Waals surface area contributed by atoms with Gasteiger partial charge in [-0.15, -0.1) is 0 Å². The van der Waals surface area contributed by atoms with Gasteiger partial charge in [-0.25, -0.2) is 4.99 Å². The van der Waals surface area contributed by atoms with Gasteiger partial charge < -0.3 is 5.32 Å². The summed E-state index contributed by atoms with van der Waals surface area (Å²) >= 11 is 0. The first-order chi connectivity index (χ1) is 16.5. The van der Waals surface area contributed by atoms with Crippen LogP contribution < -0.4 is 5.32 Å². The predicted octanol–water partition coefficient (Wildman–Crippen LogP) is 7.58. The quantitative estimate of drug-likeness (QED) is 0.469. The molecule has 4 rings (SSSR count). The van der Waals surface area contributed by atoms with E-state index in [0.29, 0.717) is 17.9 Å². The van der Waals surface area contributed by atoms with Crippen molar-refractivity contribution in [2.24, 2.45) is 15.9 Å². The van der Waals surface area contributed by atoms with Crippen LogP contribution in [0.25, 0.3) is 5.57 Å². The molecule has 1 aromatic rings. The third-order valence-corrected chi connectivity index (χ3v) is 7.55. The molecule has 3 heteroatoms. The largest absolute Gasteiger partial charge is 0.317 e. The van der Waals surface area contributed by atoms with Crippen molar-refractivity contribution in [3.63, 3.8) is 0 Å². The van der Waals surface area contributed by atoms with Crippen LogP contribution in [0.5, 0.6) is 0 Å². The molecule has 1 atom stereocenters. The highest BCUT2D eigenvalue weighted by atomic mass is 15.0. The fraction of sp³-hybridized carbons (Fsp3) is 0.548. The molecule has 2 heterocycles. The zero-order valence-corrected chi connectivity index (χ0v) is 22.0. The predicted molar refractivity (Wildman–Crippen MR) is 148 cm³/mol. The molecule has 0 spiro atoms. The molecular formula is C31H43N3. The van der Waals surface area contributed by atoms with E-state index in [9.17, 15) is 0 Å². The summed E-state index contributed by atoms with van der Waals surface area (Å²) in [5, 5.41) is 3.52. The maximum absolute atomic E-state index is 4.78. The summed E-state index contributed by atoms with van der Waals surface area (Å²) in [7, 11) is 0. The van der Waals surface area contributed by atoms with E-state index in [1.54, 1.807) is 0 Å². The Labute approximate surface area is 207 Å². The standard InChI is InChI=1S/C31H43N3/c1-6-8-29(25-9-7-10-27-20-28(14-13-25)34-23(5)33-27)31(21(2)3)30-19-26(12-11-22(30)4)24-15-17-32-18-16-24/h9,11-14,19,21,24,27,32H,6-8,10,15-18,20H2,1-5H3/b14-13-,25-9+,31-29+. The van der Waals surface area contributed by atoms with Crippen LogP contribution in [0.15, 0.2) is 57.6 Å². The number of fused-ring (bicyclic) bond motifs is 2. The van der Waals surface area contributed by atoms with Gasteiger partial charge in [-0.3, -0.25) is 4.99 Å². The highest BCUT2D eigenvalue weighted by Crippen LogP contribution is 2.38. The SMILES string of the molecule is CCCC(/C1=C/CCC2CC(=NC(C)=N2)/C=C\1)=C(\c1cc(C2CCNCC2)ccc1C)C(C)C. The van der Waals surface area contributed by atoms with Crippen molar-refractivity contribution in [1.29, 1.82) is 0 Å². The Balaban J connectivity index is 1.80. The minimum Gasteiger partial charge on any atom is -0.317 e. The molecule has 0 saturated carbocycles. The maximum atomic E-state index is 4.78. The number of hydrogen-bond acceptors (Lipinski definition) is 3. The Hall–Kier alpha value is -2.26. The van der Waals surface area contributed by atoms with Gasteiger partial charge in [0.05, 0.1) is 6.04 Å². The minimum atomic E-state index is 0.375. The molecule has 182 valence electrons. The van der Waals surface area contributed by atoms with E-state index in [2.05, 4.69) is 69.4 Å². The third kappa shape index (κ3) is 5.86. The van der Waals surface area contributed by atoms with Gasteiger partial charge in [0.2, 0.25) is 0 Å². The fourth-order valence-corrected chi connectivity index (χ4v) is 5.86. The first-order valence-electron chi connectivity index (χ1n) is 13.5. The molecule has 1 aliphatic carbocycles. The number of aryl methyl sites for hydroxylation is 1. The topological polar surface area (TPSA) is 36.8 Å². The van der Waals surface area contributed by atoms with Crippen LogP contribution in [-0.2, 0) is 0 Å². The maximum Gasteiger partial charge on any atom is 0.120 e. The first-order valence-corrected chi connectivity index (χ1v) is 13.5. The van der Waals surface area contributed by atoms with E-state index >= 15 is 0 Å². The summed E-state index contributed by atoms with van der Waals surface area (Å²) in [5.74, 6) is 2.07. The highest BCUT2D eigenvalue weighted by Gasteiger charge is 2.22. The van der Waals surface area contributed by atoms with Gasteiger partial charge in [0.1, 0.15) is 5.84 Å². The fourth-order valence-electron chi connectivity index (χ4n) is 5.86. The van der Waals surface area contributed by atoms with Gasteiger partial charge in [0.15, 0.2) is 0 Å². The van der Waals surface area contributed by atoms with Gasteiger partial charge in [-0.1, -0.05) is 57.5 Å². The normalized spacial score (nSPS) is 24.8. The lowest BCUT2D eigenvalue weighted by Gasteiger charge is -2.26. The number of amidine groups is 1. The number of hydrogen-bond donors (Lipinski definition) is 1. The molecule has 1 aromatic carbocycles. The van der Waals surface area contributed by atoms with Crippen LogP contribution in [0.4, 0.5) is 0 Å². The average molecular weight is 458 g/mol. The van der Waals surface area contributed by atoms with Crippen LogP contribution in [0.1, 0.15) is 95.2 Å². The average Bonchev–Trinajstić information content (AvgIpc) is 2.89. The molecule has 0 aromatic heterocycles. The minimum absolute atomic E-state index is 0.375. The molecule has 1 N–H and O–H groups in total. The third-order valence-electron chi connectivity index (χ3n) is 7.55. The second-order valence-corrected chi connectivity index (χ2v) is 10.6. The Morgan fingerprint density at radius 3 is 2.62 bits per heavy atom. The molecule has 1 fully saturated rings. The molecule has 1 unspecified atom stereocenters. The number of nitrogens with zero attached hydrogens (tertiary/aromatic N) is 2. The van der Waals surface area contributed by atoms with Gasteiger partial charge in [-0.2, -0.15) is 0 Å². The lowest BCUT2D eigenvalue weighted by atomic mass is 9.80.